The highest BCUT2D eigenvalue weighted by atomic mass is 35.5. The maximum Gasteiger partial charge on any atom is 0.264 e. The number of benzene rings is 4. The van der Waals surface area contributed by atoms with Crippen LogP contribution < -0.4 is 9.62 Å². The lowest BCUT2D eigenvalue weighted by molar-refractivity contribution is -0.140. The number of nitrogens with zero attached hydrogens (tertiary/aromatic N) is 2. The molecule has 0 heterocycles. The molecule has 0 aliphatic rings. The molecule has 0 aliphatic heterocycles. The number of hydrogen-bond donors (Lipinski definition) is 1. The molecule has 0 radical (unpaired) electrons. The van der Waals surface area contributed by atoms with Crippen molar-refractivity contribution in [1.29, 1.82) is 0 Å². The third-order valence-corrected chi connectivity index (χ3v) is 9.79. The number of carbonyl (C=O) groups is 2. The van der Waals surface area contributed by atoms with Gasteiger partial charge in [0.25, 0.3) is 10.0 Å². The van der Waals surface area contributed by atoms with E-state index in [1.54, 1.807) is 12.1 Å². The van der Waals surface area contributed by atoms with E-state index in [4.69, 9.17) is 11.6 Å². The van der Waals surface area contributed by atoms with Crippen LogP contribution in [0.1, 0.15) is 41.2 Å². The highest BCUT2D eigenvalue weighted by Gasteiger charge is 2.34. The molecular weight excluding hydrogens is 606 g/mol. The quantitative estimate of drug-likeness (QED) is 0.177. The molecular formula is C36H40ClN3O4S. The van der Waals surface area contributed by atoms with Crippen LogP contribution in [0.5, 0.6) is 0 Å². The Balaban J connectivity index is 1.81. The summed E-state index contributed by atoms with van der Waals surface area (Å²) in [5.74, 6) is -0.793. The number of aryl methyl sites for hydroxylation is 3. The minimum atomic E-state index is -4.20. The fourth-order valence-corrected chi connectivity index (χ4v) is 6.49. The van der Waals surface area contributed by atoms with Crippen LogP contribution in [0.15, 0.2) is 102 Å². The van der Waals surface area contributed by atoms with Gasteiger partial charge in [-0.3, -0.25) is 13.9 Å². The number of anilines is 1. The van der Waals surface area contributed by atoms with Crippen LogP contribution in [0.25, 0.3) is 0 Å². The van der Waals surface area contributed by atoms with Gasteiger partial charge in [0, 0.05) is 24.5 Å². The van der Waals surface area contributed by atoms with Gasteiger partial charge < -0.3 is 10.2 Å². The molecule has 1 N–H and O–H groups in total. The average Bonchev–Trinajstić information content (AvgIpc) is 3.03. The lowest BCUT2D eigenvalue weighted by Gasteiger charge is -2.34. The number of halogens is 1. The van der Waals surface area contributed by atoms with Crippen LogP contribution in [-0.4, -0.2) is 44.3 Å². The summed E-state index contributed by atoms with van der Waals surface area (Å²) in [6.45, 7) is 7.84. The number of nitrogens with one attached hydrogen (secondary N) is 1. The second-order valence-corrected chi connectivity index (χ2v) is 13.5. The molecule has 0 saturated carbocycles. The third kappa shape index (κ3) is 8.74. The Morgan fingerprint density at radius 2 is 1.49 bits per heavy atom. The first-order valence-electron chi connectivity index (χ1n) is 15.0. The monoisotopic (exact) mass is 645 g/mol. The Kier molecular flexibility index (Phi) is 11.4. The number of amides is 2. The van der Waals surface area contributed by atoms with Crippen molar-refractivity contribution in [3.8, 4) is 0 Å². The van der Waals surface area contributed by atoms with E-state index >= 15 is 0 Å². The third-order valence-electron chi connectivity index (χ3n) is 7.75. The standard InChI is InChI=1S/C36H40ClN3O4S/c1-5-21-38-36(42)34(23-29-9-7-6-8-10-29)39(24-30-14-11-26(2)12-15-30)35(41)25-40(32-18-13-27(3)28(4)22-32)45(43,44)33-19-16-31(37)17-20-33/h6-20,22,34H,5,21,23-25H2,1-4H3,(H,38,42). The first kappa shape index (κ1) is 33.7. The Morgan fingerprint density at radius 3 is 2.11 bits per heavy atom. The lowest BCUT2D eigenvalue weighted by Crippen LogP contribution is -2.53. The highest BCUT2D eigenvalue weighted by Crippen LogP contribution is 2.27. The molecule has 0 fully saturated rings. The second kappa shape index (κ2) is 15.2. The van der Waals surface area contributed by atoms with Crippen LogP contribution in [0.2, 0.25) is 5.02 Å². The predicted molar refractivity (Wildman–Crippen MR) is 181 cm³/mol. The molecule has 4 rings (SSSR count). The fraction of sp³-hybridized carbons (Fsp3) is 0.278. The molecule has 1 unspecified atom stereocenters. The number of rotatable bonds is 13. The molecule has 0 saturated heterocycles. The molecule has 7 nitrogen and oxygen atoms in total. The Hall–Kier alpha value is -4.14. The van der Waals surface area contributed by atoms with E-state index in [2.05, 4.69) is 5.32 Å². The van der Waals surface area contributed by atoms with Crippen LogP contribution in [0.3, 0.4) is 0 Å². The molecule has 4 aromatic rings. The molecule has 0 aromatic heterocycles. The summed E-state index contributed by atoms with van der Waals surface area (Å²) in [6, 6.07) is 27.5. The SMILES string of the molecule is CCCNC(=O)C(Cc1ccccc1)N(Cc1ccc(C)cc1)C(=O)CN(c1ccc(C)c(C)c1)S(=O)(=O)c1ccc(Cl)cc1. The van der Waals surface area contributed by atoms with Gasteiger partial charge in [-0.2, -0.15) is 0 Å². The zero-order valence-electron chi connectivity index (χ0n) is 26.2. The van der Waals surface area contributed by atoms with Crippen molar-refractivity contribution in [3.63, 3.8) is 0 Å². The predicted octanol–water partition coefficient (Wildman–Crippen LogP) is 6.63. The van der Waals surface area contributed by atoms with Gasteiger partial charge in [0.05, 0.1) is 10.6 Å². The van der Waals surface area contributed by atoms with E-state index in [9.17, 15) is 18.0 Å². The van der Waals surface area contributed by atoms with E-state index in [1.165, 1.54) is 29.2 Å². The van der Waals surface area contributed by atoms with Gasteiger partial charge in [0.2, 0.25) is 11.8 Å². The van der Waals surface area contributed by atoms with Gasteiger partial charge in [-0.05, 0) is 85.8 Å². The van der Waals surface area contributed by atoms with Crippen molar-refractivity contribution in [2.45, 2.75) is 58.0 Å². The van der Waals surface area contributed by atoms with Crippen molar-refractivity contribution in [2.24, 2.45) is 0 Å². The van der Waals surface area contributed by atoms with E-state index in [-0.39, 0.29) is 23.8 Å². The van der Waals surface area contributed by atoms with Gasteiger partial charge >= 0.3 is 0 Å². The van der Waals surface area contributed by atoms with Gasteiger partial charge in [-0.1, -0.05) is 84.8 Å². The van der Waals surface area contributed by atoms with Gasteiger partial charge in [-0.25, -0.2) is 8.42 Å². The van der Waals surface area contributed by atoms with Crippen molar-refractivity contribution in [2.75, 3.05) is 17.4 Å². The molecule has 0 bridgehead atoms. The minimum absolute atomic E-state index is 0.00420. The maximum atomic E-state index is 14.5. The summed E-state index contributed by atoms with van der Waals surface area (Å²) >= 11 is 6.07. The van der Waals surface area contributed by atoms with Gasteiger partial charge in [0.1, 0.15) is 12.6 Å². The first-order valence-corrected chi connectivity index (χ1v) is 16.8. The largest absolute Gasteiger partial charge is 0.354 e. The molecule has 4 aromatic carbocycles. The molecule has 0 aliphatic carbocycles. The summed E-state index contributed by atoms with van der Waals surface area (Å²) < 4.78 is 29.4. The molecule has 45 heavy (non-hydrogen) atoms. The number of carbonyl (C=O) groups excluding carboxylic acids is 2. The number of sulfonamides is 1. The Morgan fingerprint density at radius 1 is 0.822 bits per heavy atom. The molecule has 2 amide bonds. The molecule has 9 heteroatoms. The fourth-order valence-electron chi connectivity index (χ4n) is 4.95. The van der Waals surface area contributed by atoms with Crippen LogP contribution in [0.4, 0.5) is 5.69 Å². The second-order valence-electron chi connectivity index (χ2n) is 11.2. The summed E-state index contributed by atoms with van der Waals surface area (Å²) in [5.41, 5.74) is 5.00. The topological polar surface area (TPSA) is 86.8 Å². The molecule has 1 atom stereocenters. The Labute approximate surface area is 271 Å². The molecule has 236 valence electrons. The average molecular weight is 646 g/mol. The summed E-state index contributed by atoms with van der Waals surface area (Å²) in [7, 11) is -4.20. The first-order chi connectivity index (χ1) is 21.5. The highest BCUT2D eigenvalue weighted by molar-refractivity contribution is 7.92. The van der Waals surface area contributed by atoms with Gasteiger partial charge in [0.15, 0.2) is 0 Å². The maximum absolute atomic E-state index is 14.5. The molecule has 0 spiro atoms. The van der Waals surface area contributed by atoms with Crippen molar-refractivity contribution in [3.05, 3.63) is 130 Å². The lowest BCUT2D eigenvalue weighted by atomic mass is 10.0. The van der Waals surface area contributed by atoms with Gasteiger partial charge in [-0.15, -0.1) is 0 Å². The van der Waals surface area contributed by atoms with E-state index in [0.717, 1.165) is 38.5 Å². The van der Waals surface area contributed by atoms with E-state index < -0.39 is 28.5 Å². The summed E-state index contributed by atoms with van der Waals surface area (Å²) in [5, 5.41) is 3.36. The smallest absolute Gasteiger partial charge is 0.264 e. The summed E-state index contributed by atoms with van der Waals surface area (Å²) in [4.78, 5) is 29.8. The zero-order valence-corrected chi connectivity index (χ0v) is 27.7. The Bertz CT molecular complexity index is 1710. The van der Waals surface area contributed by atoms with E-state index in [0.29, 0.717) is 17.3 Å². The normalized spacial score (nSPS) is 11.9. The van der Waals surface area contributed by atoms with Crippen molar-refractivity contribution in [1.82, 2.24) is 10.2 Å². The van der Waals surface area contributed by atoms with Crippen LogP contribution >= 0.6 is 11.6 Å². The van der Waals surface area contributed by atoms with Crippen LogP contribution in [0, 0.1) is 20.8 Å². The number of hydrogen-bond acceptors (Lipinski definition) is 4. The zero-order chi connectivity index (χ0) is 32.6. The van der Waals surface area contributed by atoms with Crippen molar-refractivity contribution < 1.29 is 18.0 Å². The summed E-state index contributed by atoms with van der Waals surface area (Å²) in [6.07, 6.45) is 0.997. The minimum Gasteiger partial charge on any atom is -0.354 e. The van der Waals surface area contributed by atoms with Crippen LogP contribution in [-0.2, 0) is 32.6 Å². The van der Waals surface area contributed by atoms with E-state index in [1.807, 2.05) is 88.4 Å². The van der Waals surface area contributed by atoms with Crippen molar-refractivity contribution >= 4 is 39.1 Å².